The van der Waals surface area contributed by atoms with E-state index in [1.807, 2.05) is 0 Å². The lowest BCUT2D eigenvalue weighted by atomic mass is 10.0. The molecule has 14 heavy (non-hydrogen) atoms. The van der Waals surface area contributed by atoms with Crippen molar-refractivity contribution in [3.8, 4) is 0 Å². The van der Waals surface area contributed by atoms with Crippen LogP contribution in [-0.2, 0) is 6.61 Å². The van der Waals surface area contributed by atoms with E-state index in [2.05, 4.69) is 37.0 Å². The average molecular weight is 207 g/mol. The van der Waals surface area contributed by atoms with Gasteiger partial charge < -0.3 is 5.11 Å². The van der Waals surface area contributed by atoms with Gasteiger partial charge in [0.15, 0.2) is 0 Å². The first-order chi connectivity index (χ1) is 6.70. The Morgan fingerprint density at radius 1 is 1.43 bits per heavy atom. The molecule has 2 rings (SSSR count). The van der Waals surface area contributed by atoms with Crippen LogP contribution in [0.15, 0.2) is 18.2 Å². The van der Waals surface area contributed by atoms with E-state index < -0.39 is 0 Å². The molecule has 1 N–H and O–H groups in total. The van der Waals surface area contributed by atoms with E-state index in [-0.39, 0.29) is 6.61 Å². The molecule has 0 spiro atoms. The summed E-state index contributed by atoms with van der Waals surface area (Å²) in [5.74, 6) is 0.527. The molecule has 1 heterocycles. The molecule has 0 saturated heterocycles. The van der Waals surface area contributed by atoms with E-state index in [4.69, 9.17) is 5.11 Å². The Labute approximate surface area is 87.2 Å². The summed E-state index contributed by atoms with van der Waals surface area (Å²) in [6, 6.07) is 6.32. The Hall–Kier alpha value is -0.930. The van der Waals surface area contributed by atoms with Crippen LogP contribution in [-0.4, -0.2) is 10.1 Å². The zero-order valence-corrected chi connectivity index (χ0v) is 9.14. The van der Waals surface area contributed by atoms with E-state index >= 15 is 0 Å². The van der Waals surface area contributed by atoms with Crippen LogP contribution in [0.2, 0.25) is 0 Å². The van der Waals surface area contributed by atoms with Crippen LogP contribution in [0.1, 0.15) is 30.3 Å². The molecular weight excluding hydrogens is 194 g/mol. The van der Waals surface area contributed by atoms with Crippen molar-refractivity contribution in [3.05, 3.63) is 28.8 Å². The van der Waals surface area contributed by atoms with Crippen LogP contribution in [0.5, 0.6) is 0 Å². The lowest BCUT2D eigenvalue weighted by molar-refractivity contribution is 0.281. The Morgan fingerprint density at radius 3 is 2.86 bits per heavy atom. The summed E-state index contributed by atoms with van der Waals surface area (Å²) in [4.78, 5) is 4.34. The topological polar surface area (TPSA) is 33.1 Å². The molecule has 0 aliphatic rings. The van der Waals surface area contributed by atoms with Crippen molar-refractivity contribution < 1.29 is 5.11 Å². The van der Waals surface area contributed by atoms with Gasteiger partial charge in [-0.3, -0.25) is 0 Å². The predicted molar refractivity (Wildman–Crippen MR) is 59.6 cm³/mol. The summed E-state index contributed by atoms with van der Waals surface area (Å²) >= 11 is 1.56. The van der Waals surface area contributed by atoms with Crippen LogP contribution in [0.3, 0.4) is 0 Å². The largest absolute Gasteiger partial charge is 0.389 e. The number of hydrogen-bond acceptors (Lipinski definition) is 3. The summed E-state index contributed by atoms with van der Waals surface area (Å²) in [6.45, 7) is 4.37. The van der Waals surface area contributed by atoms with Gasteiger partial charge in [-0.2, -0.15) is 0 Å². The van der Waals surface area contributed by atoms with Gasteiger partial charge in [0.05, 0.1) is 16.8 Å². The molecule has 0 fully saturated rings. The van der Waals surface area contributed by atoms with Gasteiger partial charge in [0.25, 0.3) is 0 Å². The fourth-order valence-corrected chi connectivity index (χ4v) is 2.23. The maximum absolute atomic E-state index is 8.97. The monoisotopic (exact) mass is 207 g/mol. The fourth-order valence-electron chi connectivity index (χ4n) is 1.42. The molecule has 0 aliphatic heterocycles. The molecule has 1 aromatic heterocycles. The van der Waals surface area contributed by atoms with Crippen molar-refractivity contribution in [2.24, 2.45) is 0 Å². The van der Waals surface area contributed by atoms with Crippen LogP contribution in [0, 0.1) is 0 Å². The molecule has 2 aromatic rings. The van der Waals surface area contributed by atoms with Gasteiger partial charge in [-0.25, -0.2) is 4.98 Å². The second-order valence-corrected chi connectivity index (χ2v) is 4.76. The van der Waals surface area contributed by atoms with Gasteiger partial charge in [-0.1, -0.05) is 19.9 Å². The van der Waals surface area contributed by atoms with Gasteiger partial charge in [-0.05, 0) is 23.6 Å². The van der Waals surface area contributed by atoms with Gasteiger partial charge in [0.1, 0.15) is 5.01 Å². The molecule has 0 unspecified atom stereocenters. The molecule has 3 heteroatoms. The molecule has 0 aliphatic carbocycles. The summed E-state index contributed by atoms with van der Waals surface area (Å²) < 4.78 is 1.15. The van der Waals surface area contributed by atoms with Crippen LogP contribution in [0.4, 0.5) is 0 Å². The van der Waals surface area contributed by atoms with Crippen LogP contribution >= 0.6 is 11.3 Å². The number of rotatable bonds is 2. The molecule has 0 radical (unpaired) electrons. The molecule has 2 nitrogen and oxygen atoms in total. The van der Waals surface area contributed by atoms with Crippen molar-refractivity contribution in [3.63, 3.8) is 0 Å². The smallest absolute Gasteiger partial charge is 0.119 e. The molecule has 0 atom stereocenters. The number of fused-ring (bicyclic) bond motifs is 1. The Balaban J connectivity index is 2.54. The summed E-state index contributed by atoms with van der Waals surface area (Å²) in [6.07, 6.45) is 0. The molecule has 0 saturated carbocycles. The van der Waals surface area contributed by atoms with Crippen molar-refractivity contribution in [2.75, 3.05) is 0 Å². The van der Waals surface area contributed by atoms with E-state index in [0.29, 0.717) is 5.92 Å². The average Bonchev–Trinajstić information content (AvgIpc) is 2.58. The molecule has 0 amide bonds. The van der Waals surface area contributed by atoms with Crippen LogP contribution in [0.25, 0.3) is 10.2 Å². The van der Waals surface area contributed by atoms with Crippen LogP contribution < -0.4 is 0 Å². The fraction of sp³-hybridized carbons (Fsp3) is 0.364. The maximum atomic E-state index is 8.97. The number of aliphatic hydroxyl groups is 1. The van der Waals surface area contributed by atoms with Crippen molar-refractivity contribution >= 4 is 21.6 Å². The Kier molecular flexibility index (Phi) is 2.52. The Bertz CT molecular complexity index is 447. The first kappa shape index (κ1) is 9.62. The van der Waals surface area contributed by atoms with Gasteiger partial charge in [0, 0.05) is 0 Å². The Morgan fingerprint density at radius 2 is 2.21 bits per heavy atom. The third-order valence-corrected chi connectivity index (χ3v) is 3.28. The molecule has 74 valence electrons. The van der Waals surface area contributed by atoms with Gasteiger partial charge in [-0.15, -0.1) is 11.3 Å². The summed E-state index contributed by atoms with van der Waals surface area (Å²) in [5.41, 5.74) is 2.30. The van der Waals surface area contributed by atoms with Crippen molar-refractivity contribution in [1.82, 2.24) is 4.98 Å². The first-order valence-corrected chi connectivity index (χ1v) is 5.52. The molecule has 0 bridgehead atoms. The normalized spacial score (nSPS) is 11.4. The second kappa shape index (κ2) is 3.67. The van der Waals surface area contributed by atoms with Gasteiger partial charge >= 0.3 is 0 Å². The first-order valence-electron chi connectivity index (χ1n) is 4.71. The van der Waals surface area contributed by atoms with E-state index in [1.165, 1.54) is 5.56 Å². The van der Waals surface area contributed by atoms with E-state index in [0.717, 1.165) is 15.2 Å². The minimum absolute atomic E-state index is 0.0381. The third kappa shape index (κ3) is 1.65. The number of benzene rings is 1. The van der Waals surface area contributed by atoms with Crippen molar-refractivity contribution in [2.45, 2.75) is 26.4 Å². The number of hydrogen-bond donors (Lipinski definition) is 1. The quantitative estimate of drug-likeness (QED) is 0.821. The highest BCUT2D eigenvalue weighted by atomic mass is 32.1. The SMILES string of the molecule is CC(C)c1ccc2sc(CO)nc2c1. The van der Waals surface area contributed by atoms with E-state index in [1.54, 1.807) is 11.3 Å². The minimum atomic E-state index is 0.0381. The zero-order chi connectivity index (χ0) is 10.1. The minimum Gasteiger partial charge on any atom is -0.389 e. The second-order valence-electron chi connectivity index (χ2n) is 3.65. The zero-order valence-electron chi connectivity index (χ0n) is 8.32. The highest BCUT2D eigenvalue weighted by Gasteiger charge is 2.05. The van der Waals surface area contributed by atoms with E-state index in [9.17, 15) is 0 Å². The highest BCUT2D eigenvalue weighted by molar-refractivity contribution is 7.18. The highest BCUT2D eigenvalue weighted by Crippen LogP contribution is 2.25. The molecular formula is C11H13NOS. The number of nitrogens with zero attached hydrogens (tertiary/aromatic N) is 1. The van der Waals surface area contributed by atoms with Crippen molar-refractivity contribution in [1.29, 1.82) is 0 Å². The predicted octanol–water partition coefficient (Wildman–Crippen LogP) is 2.91. The third-order valence-electron chi connectivity index (χ3n) is 2.26. The number of aliphatic hydroxyl groups excluding tert-OH is 1. The summed E-state index contributed by atoms with van der Waals surface area (Å²) in [5, 5.41) is 9.76. The number of thiazole rings is 1. The summed E-state index contributed by atoms with van der Waals surface area (Å²) in [7, 11) is 0. The standard InChI is InChI=1S/C11H13NOS/c1-7(2)8-3-4-10-9(5-8)12-11(6-13)14-10/h3-5,7,13H,6H2,1-2H3. The van der Waals surface area contributed by atoms with Gasteiger partial charge in [0.2, 0.25) is 0 Å². The number of aromatic nitrogens is 1. The molecule has 1 aromatic carbocycles. The lowest BCUT2D eigenvalue weighted by Crippen LogP contribution is -1.85. The lowest BCUT2D eigenvalue weighted by Gasteiger charge is -2.03. The maximum Gasteiger partial charge on any atom is 0.119 e.